The van der Waals surface area contributed by atoms with E-state index in [-0.39, 0.29) is 12.2 Å². The maximum atomic E-state index is 11.9. The predicted molar refractivity (Wildman–Crippen MR) is 69.2 cm³/mol. The van der Waals surface area contributed by atoms with Crippen molar-refractivity contribution in [2.24, 2.45) is 5.92 Å². The topological polar surface area (TPSA) is 64.6 Å². The van der Waals surface area contributed by atoms with E-state index in [1.165, 1.54) is 12.8 Å². The monoisotopic (exact) mass is 267 g/mol. The molecule has 0 spiro atoms. The minimum Gasteiger partial charge on any atom is -0.461 e. The molecule has 0 aromatic rings. The minimum absolute atomic E-state index is 0.0761. The van der Waals surface area contributed by atoms with Gasteiger partial charge in [0.15, 0.2) is 0 Å². The molecule has 106 valence electrons. The summed E-state index contributed by atoms with van der Waals surface area (Å²) in [6.45, 7) is 4.05. The van der Waals surface area contributed by atoms with Gasteiger partial charge < -0.3 is 14.8 Å². The van der Waals surface area contributed by atoms with Crippen molar-refractivity contribution < 1.29 is 19.1 Å². The molecule has 19 heavy (non-hydrogen) atoms. The Morgan fingerprint density at radius 1 is 1.47 bits per heavy atom. The molecular weight excluding hydrogens is 246 g/mol. The van der Waals surface area contributed by atoms with Crippen molar-refractivity contribution in [2.45, 2.75) is 51.7 Å². The highest BCUT2D eigenvalue weighted by atomic mass is 16.5. The van der Waals surface area contributed by atoms with Crippen molar-refractivity contribution in [2.75, 3.05) is 6.61 Å². The number of amides is 1. The molecule has 2 atom stereocenters. The second-order valence-corrected chi connectivity index (χ2v) is 5.19. The van der Waals surface area contributed by atoms with Gasteiger partial charge in [0.05, 0.1) is 18.8 Å². The fourth-order valence-electron chi connectivity index (χ4n) is 2.59. The zero-order valence-electron chi connectivity index (χ0n) is 11.5. The van der Waals surface area contributed by atoms with Gasteiger partial charge in [0.1, 0.15) is 5.70 Å². The number of ether oxygens (including phenoxy) is 2. The second-order valence-electron chi connectivity index (χ2n) is 5.19. The van der Waals surface area contributed by atoms with Crippen LogP contribution in [-0.2, 0) is 19.1 Å². The van der Waals surface area contributed by atoms with Crippen molar-refractivity contribution in [3.63, 3.8) is 0 Å². The molecule has 1 aliphatic carbocycles. The molecule has 0 aromatic carbocycles. The van der Waals surface area contributed by atoms with Crippen LogP contribution in [0.1, 0.15) is 39.5 Å². The fraction of sp³-hybridized carbons (Fsp3) is 0.714. The predicted octanol–water partition coefficient (Wildman–Crippen LogP) is 1.53. The number of hydrogen-bond donors (Lipinski definition) is 1. The van der Waals surface area contributed by atoms with Gasteiger partial charge in [-0.3, -0.25) is 4.79 Å². The number of esters is 1. The van der Waals surface area contributed by atoms with Crippen LogP contribution in [0.4, 0.5) is 0 Å². The Bertz CT molecular complexity index is 387. The average molecular weight is 267 g/mol. The number of carbonyl (C=O) groups excluding carboxylic acids is 2. The third kappa shape index (κ3) is 3.56. The molecule has 0 aromatic heterocycles. The smallest absolute Gasteiger partial charge is 0.354 e. The molecule has 2 unspecified atom stereocenters. The van der Waals surface area contributed by atoms with E-state index in [1.807, 2.05) is 6.92 Å². The van der Waals surface area contributed by atoms with E-state index in [0.717, 1.165) is 5.57 Å². The Hall–Kier alpha value is -1.36. The van der Waals surface area contributed by atoms with Crippen LogP contribution in [0.25, 0.3) is 0 Å². The summed E-state index contributed by atoms with van der Waals surface area (Å²) in [6, 6.07) is 0. The van der Waals surface area contributed by atoms with Gasteiger partial charge in [0, 0.05) is 0 Å². The van der Waals surface area contributed by atoms with Gasteiger partial charge >= 0.3 is 5.97 Å². The highest BCUT2D eigenvalue weighted by Gasteiger charge is 2.37. The van der Waals surface area contributed by atoms with Crippen LogP contribution in [0.15, 0.2) is 11.3 Å². The summed E-state index contributed by atoms with van der Waals surface area (Å²) in [4.78, 5) is 22.6. The third-order valence-corrected chi connectivity index (χ3v) is 3.57. The third-order valence-electron chi connectivity index (χ3n) is 3.57. The lowest BCUT2D eigenvalue weighted by atomic mass is 9.94. The first-order chi connectivity index (χ1) is 9.15. The van der Waals surface area contributed by atoms with E-state index in [0.29, 0.717) is 37.5 Å². The molecule has 0 bridgehead atoms. The normalized spacial score (nSPS) is 29.6. The molecule has 2 aliphatic rings. The molecule has 5 nitrogen and oxygen atoms in total. The summed E-state index contributed by atoms with van der Waals surface area (Å²) in [5, 5.41) is 2.51. The van der Waals surface area contributed by atoms with E-state index in [9.17, 15) is 9.59 Å². The van der Waals surface area contributed by atoms with Gasteiger partial charge in [-0.2, -0.15) is 0 Å². The molecule has 2 rings (SSSR count). The van der Waals surface area contributed by atoms with E-state index >= 15 is 0 Å². The van der Waals surface area contributed by atoms with E-state index in [2.05, 4.69) is 5.32 Å². The molecule has 1 saturated carbocycles. The molecule has 1 N–H and O–H groups in total. The van der Waals surface area contributed by atoms with Crippen LogP contribution in [0.5, 0.6) is 0 Å². The summed E-state index contributed by atoms with van der Waals surface area (Å²) in [5.41, 5.74) is 1.25. The Morgan fingerprint density at radius 2 is 2.21 bits per heavy atom. The number of hydrogen-bond acceptors (Lipinski definition) is 4. The van der Waals surface area contributed by atoms with Crippen LogP contribution >= 0.6 is 0 Å². The molecule has 1 heterocycles. The largest absolute Gasteiger partial charge is 0.461 e. The highest BCUT2D eigenvalue weighted by molar-refractivity contribution is 5.91. The summed E-state index contributed by atoms with van der Waals surface area (Å²) in [7, 11) is 0. The van der Waals surface area contributed by atoms with Gasteiger partial charge in [0.25, 0.3) is 0 Å². The van der Waals surface area contributed by atoms with Crippen LogP contribution in [-0.4, -0.2) is 31.2 Å². The van der Waals surface area contributed by atoms with Gasteiger partial charge in [-0.25, -0.2) is 4.79 Å². The summed E-state index contributed by atoms with van der Waals surface area (Å²) in [5.74, 6) is 0.158. The Balaban J connectivity index is 2.17. The van der Waals surface area contributed by atoms with Crippen LogP contribution < -0.4 is 5.32 Å². The average Bonchev–Trinajstić information content (AvgIpc) is 3.19. The number of rotatable bonds is 5. The molecule has 2 fully saturated rings. The molecule has 1 aliphatic heterocycles. The van der Waals surface area contributed by atoms with Crippen molar-refractivity contribution >= 4 is 12.4 Å². The lowest BCUT2D eigenvalue weighted by Crippen LogP contribution is -2.32. The molecule has 1 amide bonds. The summed E-state index contributed by atoms with van der Waals surface area (Å²) in [6.07, 6.45) is 4.55. The maximum Gasteiger partial charge on any atom is 0.354 e. The Kier molecular flexibility index (Phi) is 4.58. The van der Waals surface area contributed by atoms with Gasteiger partial charge in [0.2, 0.25) is 6.41 Å². The van der Waals surface area contributed by atoms with Gasteiger partial charge in [-0.1, -0.05) is 0 Å². The Labute approximate surface area is 113 Å². The van der Waals surface area contributed by atoms with E-state index < -0.39 is 5.97 Å². The van der Waals surface area contributed by atoms with Crippen LogP contribution in [0, 0.1) is 5.92 Å². The summed E-state index contributed by atoms with van der Waals surface area (Å²) < 4.78 is 10.9. The standard InChI is InChI=1S/C14H21NO4/c1-3-18-14(17)13(15-8-16)11-6-9(2)19-12(7-11)10-4-5-10/h8-10,12H,3-7H2,1-2H3,(H,15,16). The second kappa shape index (κ2) is 6.19. The minimum atomic E-state index is -0.451. The lowest BCUT2D eigenvalue weighted by molar-refractivity contribution is -0.139. The lowest BCUT2D eigenvalue weighted by Gasteiger charge is -2.31. The molecular formula is C14H21NO4. The van der Waals surface area contributed by atoms with Crippen LogP contribution in [0.3, 0.4) is 0 Å². The first-order valence-electron chi connectivity index (χ1n) is 6.90. The highest BCUT2D eigenvalue weighted by Crippen LogP contribution is 2.41. The Morgan fingerprint density at radius 3 is 2.79 bits per heavy atom. The maximum absolute atomic E-state index is 11.9. The fourth-order valence-corrected chi connectivity index (χ4v) is 2.59. The van der Waals surface area contributed by atoms with Crippen molar-refractivity contribution in [1.29, 1.82) is 0 Å². The van der Waals surface area contributed by atoms with Crippen LogP contribution in [0.2, 0.25) is 0 Å². The summed E-state index contributed by atoms with van der Waals surface area (Å²) >= 11 is 0. The quantitative estimate of drug-likeness (QED) is 0.466. The first-order valence-corrected chi connectivity index (χ1v) is 6.90. The molecule has 5 heteroatoms. The molecule has 0 radical (unpaired) electrons. The molecule has 1 saturated heterocycles. The zero-order chi connectivity index (χ0) is 13.8. The number of carbonyl (C=O) groups is 2. The zero-order valence-corrected chi connectivity index (χ0v) is 11.5. The first kappa shape index (κ1) is 14.1. The van der Waals surface area contributed by atoms with E-state index in [1.54, 1.807) is 6.92 Å². The van der Waals surface area contributed by atoms with Crippen molar-refractivity contribution in [1.82, 2.24) is 5.32 Å². The van der Waals surface area contributed by atoms with Crippen molar-refractivity contribution in [3.8, 4) is 0 Å². The van der Waals surface area contributed by atoms with Crippen molar-refractivity contribution in [3.05, 3.63) is 11.3 Å². The van der Waals surface area contributed by atoms with Gasteiger partial charge in [-0.15, -0.1) is 0 Å². The SMILES string of the molecule is CCOC(=O)C(NC=O)=C1CC(C)OC(C2CC2)C1. The van der Waals surface area contributed by atoms with E-state index in [4.69, 9.17) is 9.47 Å². The van der Waals surface area contributed by atoms with Gasteiger partial charge in [-0.05, 0) is 51.0 Å². The number of nitrogens with one attached hydrogen (secondary N) is 1.